The van der Waals surface area contributed by atoms with Gasteiger partial charge in [-0.05, 0) is 47.8 Å². The summed E-state index contributed by atoms with van der Waals surface area (Å²) in [7, 11) is 0. The first kappa shape index (κ1) is 24.6. The molecule has 0 aliphatic carbocycles. The Kier molecular flexibility index (Phi) is 8.71. The van der Waals surface area contributed by atoms with Crippen LogP contribution in [0.5, 0.6) is 0 Å². The fraction of sp³-hybridized carbons (Fsp3) is 0.458. The van der Waals surface area contributed by atoms with Crippen molar-refractivity contribution in [3.63, 3.8) is 0 Å². The van der Waals surface area contributed by atoms with Gasteiger partial charge in [0.05, 0.1) is 6.04 Å². The minimum Gasteiger partial charge on any atom is -0.445 e. The predicted octanol–water partition coefficient (Wildman–Crippen LogP) is 2.84. The van der Waals surface area contributed by atoms with E-state index in [0.717, 1.165) is 28.8 Å². The van der Waals surface area contributed by atoms with Crippen molar-refractivity contribution >= 4 is 35.1 Å². The van der Waals surface area contributed by atoms with Gasteiger partial charge in [0.1, 0.15) is 6.61 Å². The highest BCUT2D eigenvalue weighted by Gasteiger charge is 2.33. The highest BCUT2D eigenvalue weighted by Crippen LogP contribution is 2.24. The van der Waals surface area contributed by atoms with Crippen molar-refractivity contribution in [3.8, 4) is 0 Å². The van der Waals surface area contributed by atoms with Crippen molar-refractivity contribution in [2.24, 2.45) is 11.8 Å². The van der Waals surface area contributed by atoms with Crippen LogP contribution in [0.1, 0.15) is 42.7 Å². The molecule has 2 aromatic rings. The largest absolute Gasteiger partial charge is 0.445 e. The third-order valence-electron chi connectivity index (χ3n) is 5.61. The number of carbonyl (C=O) groups excluding carboxylic acids is 4. The molecule has 0 bridgehead atoms. The molecule has 1 aliphatic heterocycles. The van der Waals surface area contributed by atoms with Crippen LogP contribution in [0.25, 0.3) is 0 Å². The topological polar surface area (TPSA) is 114 Å². The highest BCUT2D eigenvalue weighted by atomic mass is 32.1. The van der Waals surface area contributed by atoms with Crippen molar-refractivity contribution in [2.45, 2.75) is 52.2 Å². The first-order valence-electron chi connectivity index (χ1n) is 11.1. The number of Topliss-reactive ketones (excluding diaryl/α,β-unsaturated/α-hetero) is 2. The second-order valence-corrected chi connectivity index (χ2v) is 9.38. The molecule has 1 aromatic heterocycles. The van der Waals surface area contributed by atoms with Crippen molar-refractivity contribution in [2.75, 3.05) is 6.54 Å². The summed E-state index contributed by atoms with van der Waals surface area (Å²) in [5.74, 6) is -2.62. The summed E-state index contributed by atoms with van der Waals surface area (Å²) in [4.78, 5) is 51.5. The molecule has 0 spiro atoms. The van der Waals surface area contributed by atoms with E-state index < -0.39 is 29.7 Å². The lowest BCUT2D eigenvalue weighted by molar-refractivity contribution is -0.141. The fourth-order valence-corrected chi connectivity index (χ4v) is 4.63. The molecule has 2 N–H and O–H groups in total. The van der Waals surface area contributed by atoms with Crippen molar-refractivity contribution < 1.29 is 23.9 Å². The SMILES string of the molecule is CC(C)C(NC(=O)OCc1ccccc1)C(=O)CC1Cc2sncc2CCCNC(=O)C1=O. The molecule has 8 nitrogen and oxygen atoms in total. The second-order valence-electron chi connectivity index (χ2n) is 8.50. The number of rotatable bonds is 7. The molecule has 0 saturated carbocycles. The molecule has 176 valence electrons. The van der Waals surface area contributed by atoms with E-state index in [1.54, 1.807) is 6.20 Å². The van der Waals surface area contributed by atoms with Crippen LogP contribution < -0.4 is 10.6 Å². The van der Waals surface area contributed by atoms with E-state index in [0.29, 0.717) is 6.54 Å². The van der Waals surface area contributed by atoms with Gasteiger partial charge in [-0.15, -0.1) is 0 Å². The number of ether oxygens (including phenoxy) is 1. The van der Waals surface area contributed by atoms with Gasteiger partial charge in [-0.3, -0.25) is 14.4 Å². The Morgan fingerprint density at radius 3 is 2.73 bits per heavy atom. The molecule has 0 radical (unpaired) electrons. The Bertz CT molecular complexity index is 989. The van der Waals surface area contributed by atoms with Crippen molar-refractivity contribution in [1.29, 1.82) is 0 Å². The summed E-state index contributed by atoms with van der Waals surface area (Å²) in [5, 5.41) is 5.27. The maximum absolute atomic E-state index is 13.2. The van der Waals surface area contributed by atoms with Gasteiger partial charge < -0.3 is 15.4 Å². The quantitative estimate of drug-likeness (QED) is 0.600. The monoisotopic (exact) mass is 471 g/mol. The van der Waals surface area contributed by atoms with Gasteiger partial charge in [-0.25, -0.2) is 9.17 Å². The summed E-state index contributed by atoms with van der Waals surface area (Å²) in [5.41, 5.74) is 1.88. The summed E-state index contributed by atoms with van der Waals surface area (Å²) >= 11 is 1.29. The van der Waals surface area contributed by atoms with Crippen LogP contribution in [-0.4, -0.2) is 40.5 Å². The molecule has 2 amide bonds. The van der Waals surface area contributed by atoms with Gasteiger partial charge in [0.15, 0.2) is 5.78 Å². The van der Waals surface area contributed by atoms with E-state index in [-0.39, 0.29) is 31.1 Å². The standard InChI is InChI=1S/C24H29N3O5S/c1-15(2)21(27-24(31)32-14-16-7-4-3-5-8-16)19(28)11-18-12-20-17(13-26-33-20)9-6-10-25-23(30)22(18)29/h3-5,7-8,13,15,18,21H,6,9-12,14H2,1-2H3,(H,25,30)(H,27,31). The van der Waals surface area contributed by atoms with Crippen LogP contribution in [0, 0.1) is 11.8 Å². The number of alkyl carbamates (subject to hydrolysis) is 1. The van der Waals surface area contributed by atoms with Gasteiger partial charge in [0.2, 0.25) is 5.78 Å². The van der Waals surface area contributed by atoms with Crippen LogP contribution in [0.3, 0.4) is 0 Å². The van der Waals surface area contributed by atoms with Crippen LogP contribution in [0.15, 0.2) is 36.5 Å². The number of hydrogen-bond donors (Lipinski definition) is 2. The van der Waals surface area contributed by atoms with E-state index >= 15 is 0 Å². The van der Waals surface area contributed by atoms with Gasteiger partial charge >= 0.3 is 6.09 Å². The Labute approximate surface area is 197 Å². The molecule has 0 fully saturated rings. The summed E-state index contributed by atoms with van der Waals surface area (Å²) in [6.07, 6.45) is 2.69. The number of aryl methyl sites for hydroxylation is 1. The molecule has 33 heavy (non-hydrogen) atoms. The van der Waals surface area contributed by atoms with Gasteiger partial charge in [-0.2, -0.15) is 0 Å². The smallest absolute Gasteiger partial charge is 0.408 e. The molecule has 2 unspecified atom stereocenters. The molecule has 1 aromatic carbocycles. The number of benzene rings is 1. The first-order valence-corrected chi connectivity index (χ1v) is 11.9. The Balaban J connectivity index is 1.67. The number of nitrogens with zero attached hydrogens (tertiary/aromatic N) is 1. The molecule has 2 atom stereocenters. The molecular formula is C24H29N3O5S. The second kappa shape index (κ2) is 11.7. The third kappa shape index (κ3) is 6.95. The molecule has 9 heteroatoms. The minimum absolute atomic E-state index is 0.0844. The van der Waals surface area contributed by atoms with Gasteiger partial charge in [0.25, 0.3) is 5.91 Å². The third-order valence-corrected chi connectivity index (χ3v) is 6.47. The highest BCUT2D eigenvalue weighted by molar-refractivity contribution is 7.05. The molecule has 1 aliphatic rings. The average Bonchev–Trinajstić information content (AvgIpc) is 3.24. The van der Waals surface area contributed by atoms with E-state index in [4.69, 9.17) is 4.74 Å². The number of ketones is 2. The van der Waals surface area contributed by atoms with Crippen LogP contribution >= 0.6 is 11.5 Å². The maximum atomic E-state index is 13.2. The number of amides is 2. The number of aromatic nitrogens is 1. The van der Waals surface area contributed by atoms with Crippen molar-refractivity contribution in [1.82, 2.24) is 15.0 Å². The van der Waals surface area contributed by atoms with E-state index in [2.05, 4.69) is 15.0 Å². The van der Waals surface area contributed by atoms with Crippen LogP contribution in [0.4, 0.5) is 4.79 Å². The number of nitrogens with one attached hydrogen (secondary N) is 2. The summed E-state index contributed by atoms with van der Waals surface area (Å²) < 4.78 is 9.47. The average molecular weight is 472 g/mol. The van der Waals surface area contributed by atoms with Crippen LogP contribution in [0.2, 0.25) is 0 Å². The Hall–Kier alpha value is -3.07. The zero-order valence-corrected chi connectivity index (χ0v) is 19.7. The number of carbonyl (C=O) groups is 4. The van der Waals surface area contributed by atoms with E-state index in [9.17, 15) is 19.2 Å². The van der Waals surface area contributed by atoms with E-state index in [1.165, 1.54) is 11.5 Å². The predicted molar refractivity (Wildman–Crippen MR) is 124 cm³/mol. The minimum atomic E-state index is -0.833. The van der Waals surface area contributed by atoms with Gasteiger partial charge in [-0.1, -0.05) is 44.2 Å². The van der Waals surface area contributed by atoms with Crippen LogP contribution in [-0.2, 0) is 38.6 Å². The fourth-order valence-electron chi connectivity index (χ4n) is 3.77. The van der Waals surface area contributed by atoms with Crippen molar-refractivity contribution in [3.05, 3.63) is 52.5 Å². The lowest BCUT2D eigenvalue weighted by atomic mass is 9.87. The maximum Gasteiger partial charge on any atom is 0.408 e. The Morgan fingerprint density at radius 1 is 1.24 bits per heavy atom. The zero-order valence-electron chi connectivity index (χ0n) is 18.8. The lowest BCUT2D eigenvalue weighted by Crippen LogP contribution is -2.46. The number of hydrogen-bond acceptors (Lipinski definition) is 7. The normalized spacial score (nSPS) is 17.6. The molecule has 2 heterocycles. The van der Waals surface area contributed by atoms with Gasteiger partial charge in [0, 0.05) is 30.0 Å². The zero-order chi connectivity index (χ0) is 23.8. The lowest BCUT2D eigenvalue weighted by Gasteiger charge is -2.23. The molecule has 0 saturated heterocycles. The summed E-state index contributed by atoms with van der Waals surface area (Å²) in [6, 6.07) is 8.40. The first-order chi connectivity index (χ1) is 15.8. The van der Waals surface area contributed by atoms with E-state index in [1.807, 2.05) is 44.2 Å². The molecular weight excluding hydrogens is 442 g/mol. The molecule has 3 rings (SSSR count). The summed E-state index contributed by atoms with van der Waals surface area (Å²) in [6.45, 7) is 4.09. The number of fused-ring (bicyclic) bond motifs is 1. The Morgan fingerprint density at radius 2 is 2.00 bits per heavy atom.